The van der Waals surface area contributed by atoms with Gasteiger partial charge in [-0.1, -0.05) is 0 Å². The molecule has 0 bridgehead atoms. The average Bonchev–Trinajstić information content (AvgIpc) is 2.76. The number of halogens is 2. The van der Waals surface area contributed by atoms with Crippen LogP contribution in [0.25, 0.3) is 0 Å². The third-order valence-corrected chi connectivity index (χ3v) is 5.46. The molecule has 0 N–H and O–H groups in total. The molecular formula is C18H24BF2NO3. The number of hydrogen-bond acceptors (Lipinski definition) is 3. The predicted octanol–water partition coefficient (Wildman–Crippen LogP) is 2.70. The summed E-state index contributed by atoms with van der Waals surface area (Å²) >= 11 is 0. The number of nitrogens with zero attached hydrogens (tertiary/aromatic N) is 1. The highest BCUT2D eigenvalue weighted by Crippen LogP contribution is 2.36. The van der Waals surface area contributed by atoms with Gasteiger partial charge in [0.25, 0.3) is 5.91 Å². The highest BCUT2D eigenvalue weighted by Gasteiger charge is 2.52. The highest BCUT2D eigenvalue weighted by atomic mass is 19.1. The molecule has 0 atom stereocenters. The Kier molecular flexibility index (Phi) is 4.66. The van der Waals surface area contributed by atoms with Crippen molar-refractivity contribution in [2.75, 3.05) is 13.1 Å². The number of piperidine rings is 1. The van der Waals surface area contributed by atoms with Gasteiger partial charge in [0, 0.05) is 24.1 Å². The zero-order valence-corrected chi connectivity index (χ0v) is 15.1. The Balaban J connectivity index is 1.83. The molecule has 2 fully saturated rings. The van der Waals surface area contributed by atoms with E-state index in [9.17, 15) is 13.6 Å². The van der Waals surface area contributed by atoms with Crippen LogP contribution in [0.15, 0.2) is 18.2 Å². The topological polar surface area (TPSA) is 38.8 Å². The van der Waals surface area contributed by atoms with Crippen molar-refractivity contribution in [3.8, 4) is 0 Å². The van der Waals surface area contributed by atoms with Crippen molar-refractivity contribution in [1.82, 2.24) is 4.90 Å². The van der Waals surface area contributed by atoms with E-state index in [4.69, 9.17) is 9.31 Å². The second-order valence-electron chi connectivity index (χ2n) is 7.79. The lowest BCUT2D eigenvalue weighted by Crippen LogP contribution is -2.41. The maximum Gasteiger partial charge on any atom is 0.497 e. The fraction of sp³-hybridized carbons (Fsp3) is 0.611. The van der Waals surface area contributed by atoms with Crippen molar-refractivity contribution in [2.45, 2.75) is 57.9 Å². The van der Waals surface area contributed by atoms with Crippen LogP contribution in [0, 0.1) is 5.82 Å². The summed E-state index contributed by atoms with van der Waals surface area (Å²) < 4.78 is 39.4. The molecule has 2 heterocycles. The zero-order valence-electron chi connectivity index (χ0n) is 15.1. The molecule has 1 aromatic rings. The second kappa shape index (κ2) is 6.36. The van der Waals surface area contributed by atoms with E-state index in [1.54, 1.807) is 4.90 Å². The van der Waals surface area contributed by atoms with Gasteiger partial charge in [0.1, 0.15) is 12.0 Å². The van der Waals surface area contributed by atoms with Gasteiger partial charge in [-0.05, 0) is 58.7 Å². The van der Waals surface area contributed by atoms with Gasteiger partial charge in [-0.2, -0.15) is 0 Å². The lowest BCUT2D eigenvalue weighted by Gasteiger charge is -2.32. The van der Waals surface area contributed by atoms with Gasteiger partial charge in [-0.3, -0.25) is 4.79 Å². The van der Waals surface area contributed by atoms with Crippen LogP contribution in [-0.2, 0) is 9.31 Å². The van der Waals surface area contributed by atoms with E-state index in [2.05, 4.69) is 0 Å². The molecule has 7 heteroatoms. The summed E-state index contributed by atoms with van der Waals surface area (Å²) in [7, 11) is -0.866. The number of rotatable bonds is 2. The van der Waals surface area contributed by atoms with E-state index in [0.717, 1.165) is 0 Å². The number of carbonyl (C=O) groups excluding carboxylic acids is 1. The maximum absolute atomic E-state index is 14.3. The van der Waals surface area contributed by atoms with Crippen molar-refractivity contribution in [1.29, 1.82) is 0 Å². The van der Waals surface area contributed by atoms with Gasteiger partial charge < -0.3 is 14.2 Å². The fourth-order valence-corrected chi connectivity index (χ4v) is 3.06. The molecule has 25 heavy (non-hydrogen) atoms. The van der Waals surface area contributed by atoms with Crippen molar-refractivity contribution >= 4 is 18.5 Å². The Hall–Kier alpha value is -1.47. The van der Waals surface area contributed by atoms with E-state index >= 15 is 0 Å². The first kappa shape index (κ1) is 18.3. The smallest absolute Gasteiger partial charge is 0.399 e. The third kappa shape index (κ3) is 3.44. The van der Waals surface area contributed by atoms with Crippen LogP contribution in [0.2, 0.25) is 0 Å². The van der Waals surface area contributed by atoms with Gasteiger partial charge in [0.15, 0.2) is 0 Å². The minimum absolute atomic E-state index is 0.213. The summed E-state index contributed by atoms with van der Waals surface area (Å²) in [5, 5.41) is 0. The molecule has 0 aliphatic carbocycles. The Morgan fingerprint density at radius 1 is 1.16 bits per heavy atom. The van der Waals surface area contributed by atoms with E-state index < -0.39 is 30.3 Å². The molecule has 0 unspecified atom stereocenters. The SMILES string of the molecule is CC1(C)OB(c2cc(C(=O)N3CCC(F)CC3)ccc2F)OC1(C)C. The molecule has 0 spiro atoms. The summed E-state index contributed by atoms with van der Waals surface area (Å²) in [6.07, 6.45) is -0.161. The fourth-order valence-electron chi connectivity index (χ4n) is 3.06. The van der Waals surface area contributed by atoms with Crippen LogP contribution in [0.3, 0.4) is 0 Å². The lowest BCUT2D eigenvalue weighted by molar-refractivity contribution is 0.00578. The molecule has 0 radical (unpaired) electrons. The van der Waals surface area contributed by atoms with E-state index in [1.165, 1.54) is 18.2 Å². The molecule has 2 aliphatic rings. The first-order chi connectivity index (χ1) is 11.6. The number of alkyl halides is 1. The van der Waals surface area contributed by atoms with E-state index in [-0.39, 0.29) is 11.4 Å². The molecule has 0 aromatic heterocycles. The summed E-state index contributed by atoms with van der Waals surface area (Å²) in [6.45, 7) is 8.32. The molecule has 0 saturated carbocycles. The minimum Gasteiger partial charge on any atom is -0.399 e. The van der Waals surface area contributed by atoms with Gasteiger partial charge in [0.05, 0.1) is 11.2 Å². The van der Waals surface area contributed by atoms with Crippen molar-refractivity contribution in [2.24, 2.45) is 0 Å². The molecular weight excluding hydrogens is 327 g/mol. The maximum atomic E-state index is 14.3. The second-order valence-corrected chi connectivity index (χ2v) is 7.79. The molecule has 1 aromatic carbocycles. The highest BCUT2D eigenvalue weighted by molar-refractivity contribution is 6.62. The Morgan fingerprint density at radius 3 is 2.28 bits per heavy atom. The van der Waals surface area contributed by atoms with Crippen LogP contribution in [0.5, 0.6) is 0 Å². The first-order valence-electron chi connectivity index (χ1n) is 8.69. The first-order valence-corrected chi connectivity index (χ1v) is 8.69. The summed E-state index contributed by atoms with van der Waals surface area (Å²) in [6, 6.07) is 4.20. The van der Waals surface area contributed by atoms with Crippen molar-refractivity contribution in [3.63, 3.8) is 0 Å². The summed E-state index contributed by atoms with van der Waals surface area (Å²) in [5.41, 5.74) is -0.603. The predicted molar refractivity (Wildman–Crippen MR) is 92.1 cm³/mol. The summed E-state index contributed by atoms with van der Waals surface area (Å²) in [5.74, 6) is -0.692. The Labute approximate surface area is 147 Å². The van der Waals surface area contributed by atoms with E-state index in [0.29, 0.717) is 31.5 Å². The van der Waals surface area contributed by atoms with Gasteiger partial charge in [-0.25, -0.2) is 8.78 Å². The van der Waals surface area contributed by atoms with Crippen LogP contribution < -0.4 is 5.46 Å². The average molecular weight is 351 g/mol. The van der Waals surface area contributed by atoms with E-state index in [1.807, 2.05) is 27.7 Å². The van der Waals surface area contributed by atoms with Gasteiger partial charge in [0.2, 0.25) is 0 Å². The molecule has 2 aliphatic heterocycles. The molecule has 4 nitrogen and oxygen atoms in total. The van der Waals surface area contributed by atoms with Crippen LogP contribution in [0.1, 0.15) is 50.9 Å². The molecule has 3 rings (SSSR count). The minimum atomic E-state index is -0.866. The number of amides is 1. The lowest BCUT2D eigenvalue weighted by atomic mass is 9.78. The summed E-state index contributed by atoms with van der Waals surface area (Å²) in [4.78, 5) is 14.2. The largest absolute Gasteiger partial charge is 0.497 e. The van der Waals surface area contributed by atoms with Gasteiger partial charge >= 0.3 is 7.12 Å². The third-order valence-electron chi connectivity index (χ3n) is 5.46. The standard InChI is InChI=1S/C18H24BF2NO3/c1-17(2)18(3,4)25-19(24-17)14-11-12(5-6-15(14)21)16(23)22-9-7-13(20)8-10-22/h5-6,11,13H,7-10H2,1-4H3. The van der Waals surface area contributed by atoms with Gasteiger partial charge in [-0.15, -0.1) is 0 Å². The Morgan fingerprint density at radius 2 is 1.72 bits per heavy atom. The quantitative estimate of drug-likeness (QED) is 0.769. The van der Waals surface area contributed by atoms with Crippen LogP contribution in [-0.4, -0.2) is 48.4 Å². The number of likely N-dealkylation sites (tertiary alicyclic amines) is 1. The molecule has 136 valence electrons. The Bertz CT molecular complexity index is 656. The molecule has 2 saturated heterocycles. The zero-order chi connectivity index (χ0) is 18.4. The normalized spacial score (nSPS) is 23.1. The van der Waals surface area contributed by atoms with Crippen molar-refractivity contribution < 1.29 is 22.9 Å². The monoisotopic (exact) mass is 351 g/mol. The number of benzene rings is 1. The molecule has 1 amide bonds. The van der Waals surface area contributed by atoms with Crippen molar-refractivity contribution in [3.05, 3.63) is 29.6 Å². The number of hydrogen-bond donors (Lipinski definition) is 0. The van der Waals surface area contributed by atoms with Crippen LogP contribution in [0.4, 0.5) is 8.78 Å². The number of carbonyl (C=O) groups is 1. The van der Waals surface area contributed by atoms with Crippen LogP contribution >= 0.6 is 0 Å².